The summed E-state index contributed by atoms with van der Waals surface area (Å²) in [5.74, 6) is 0.107. The number of benzene rings is 1. The summed E-state index contributed by atoms with van der Waals surface area (Å²) in [7, 11) is 0. The lowest BCUT2D eigenvalue weighted by atomic mass is 9.85. The van der Waals surface area contributed by atoms with Crippen molar-refractivity contribution in [3.63, 3.8) is 0 Å². The first-order valence-corrected chi connectivity index (χ1v) is 7.64. The summed E-state index contributed by atoms with van der Waals surface area (Å²) < 4.78 is 1.02. The highest BCUT2D eigenvalue weighted by atomic mass is 79.9. The number of carbonyl (C=O) groups is 1. The minimum atomic E-state index is -0.338. The lowest BCUT2D eigenvalue weighted by Crippen LogP contribution is -2.45. The average molecular weight is 362 g/mol. The molecule has 1 fully saturated rings. The van der Waals surface area contributed by atoms with Crippen molar-refractivity contribution in [3.8, 4) is 0 Å². The van der Waals surface area contributed by atoms with Crippen LogP contribution in [-0.2, 0) is 4.79 Å². The summed E-state index contributed by atoms with van der Waals surface area (Å²) in [4.78, 5) is 12.5. The van der Waals surface area contributed by atoms with Crippen molar-refractivity contribution in [2.45, 2.75) is 38.6 Å². The fourth-order valence-corrected chi connectivity index (χ4v) is 3.46. The Balaban J connectivity index is 0.00000200. The molecule has 2 rings (SSSR count). The number of amides is 1. The molecule has 0 saturated heterocycles. The molecular formula is C15H22BrClN2O. The number of nitrogens with two attached hydrogens (primary N) is 1. The monoisotopic (exact) mass is 360 g/mol. The molecular weight excluding hydrogens is 340 g/mol. The Bertz CT molecular complexity index is 461. The molecule has 1 saturated carbocycles. The van der Waals surface area contributed by atoms with Crippen LogP contribution < -0.4 is 11.1 Å². The maximum absolute atomic E-state index is 12.5. The predicted octanol–water partition coefficient (Wildman–Crippen LogP) is 3.57. The standard InChI is InChI=1S/C15H21BrN2O.ClH/c1-11(12-6-2-3-7-13(12)16)18-14(19)15(10-17)8-4-5-9-15;/h2-3,6-7,11H,4-5,8-10,17H2,1H3,(H,18,19);1H. The Kier molecular flexibility index (Phi) is 6.49. The van der Waals surface area contributed by atoms with Crippen LogP contribution in [0.25, 0.3) is 0 Å². The summed E-state index contributed by atoms with van der Waals surface area (Å²) in [6.45, 7) is 2.46. The molecule has 1 aromatic carbocycles. The van der Waals surface area contributed by atoms with E-state index in [0.717, 1.165) is 35.7 Å². The van der Waals surface area contributed by atoms with Gasteiger partial charge in [0.05, 0.1) is 11.5 Å². The lowest BCUT2D eigenvalue weighted by molar-refractivity contribution is -0.131. The molecule has 0 aliphatic heterocycles. The first-order valence-electron chi connectivity index (χ1n) is 6.84. The maximum Gasteiger partial charge on any atom is 0.227 e. The largest absolute Gasteiger partial charge is 0.349 e. The average Bonchev–Trinajstić information content (AvgIpc) is 2.89. The van der Waals surface area contributed by atoms with E-state index < -0.39 is 0 Å². The summed E-state index contributed by atoms with van der Waals surface area (Å²) in [6, 6.07) is 7.97. The van der Waals surface area contributed by atoms with Crippen molar-refractivity contribution in [2.75, 3.05) is 6.54 Å². The Morgan fingerprint density at radius 3 is 2.55 bits per heavy atom. The summed E-state index contributed by atoms with van der Waals surface area (Å²) in [6.07, 6.45) is 4.04. The molecule has 0 radical (unpaired) electrons. The van der Waals surface area contributed by atoms with Crippen LogP contribution >= 0.6 is 28.3 Å². The molecule has 112 valence electrons. The smallest absolute Gasteiger partial charge is 0.227 e. The zero-order chi connectivity index (χ0) is 13.9. The third-order valence-electron chi connectivity index (χ3n) is 4.15. The second-order valence-corrected chi connectivity index (χ2v) is 6.26. The van der Waals surface area contributed by atoms with Gasteiger partial charge in [0.15, 0.2) is 0 Å². The summed E-state index contributed by atoms with van der Waals surface area (Å²) >= 11 is 3.52. The van der Waals surface area contributed by atoms with Crippen LogP contribution in [0.1, 0.15) is 44.2 Å². The van der Waals surface area contributed by atoms with E-state index >= 15 is 0 Å². The van der Waals surface area contributed by atoms with Gasteiger partial charge in [-0.25, -0.2) is 0 Å². The van der Waals surface area contributed by atoms with Crippen LogP contribution in [0.15, 0.2) is 28.7 Å². The maximum atomic E-state index is 12.5. The second kappa shape index (κ2) is 7.43. The van der Waals surface area contributed by atoms with Gasteiger partial charge in [0.25, 0.3) is 0 Å². The third kappa shape index (κ3) is 3.54. The minimum absolute atomic E-state index is 0. The van der Waals surface area contributed by atoms with Crippen molar-refractivity contribution in [1.82, 2.24) is 5.32 Å². The molecule has 1 amide bonds. The molecule has 0 bridgehead atoms. The molecule has 3 nitrogen and oxygen atoms in total. The highest BCUT2D eigenvalue weighted by Gasteiger charge is 2.40. The fourth-order valence-electron chi connectivity index (χ4n) is 2.83. The first-order chi connectivity index (χ1) is 9.09. The molecule has 20 heavy (non-hydrogen) atoms. The van der Waals surface area contributed by atoms with E-state index in [0.29, 0.717) is 6.54 Å². The zero-order valence-electron chi connectivity index (χ0n) is 11.7. The summed E-state index contributed by atoms with van der Waals surface area (Å²) in [5, 5.41) is 3.12. The van der Waals surface area contributed by atoms with Crippen LogP contribution in [0.4, 0.5) is 0 Å². The highest BCUT2D eigenvalue weighted by Crippen LogP contribution is 2.38. The molecule has 1 aromatic rings. The van der Waals surface area contributed by atoms with E-state index in [1.54, 1.807) is 0 Å². The highest BCUT2D eigenvalue weighted by molar-refractivity contribution is 9.10. The van der Waals surface area contributed by atoms with Crippen LogP contribution in [0.5, 0.6) is 0 Å². The number of hydrogen-bond donors (Lipinski definition) is 2. The van der Waals surface area contributed by atoms with E-state index in [-0.39, 0.29) is 29.8 Å². The SMILES string of the molecule is CC(NC(=O)C1(CN)CCCC1)c1ccccc1Br.Cl. The van der Waals surface area contributed by atoms with Gasteiger partial charge in [-0.15, -0.1) is 12.4 Å². The number of carbonyl (C=O) groups excluding carboxylic acids is 1. The Morgan fingerprint density at radius 1 is 1.40 bits per heavy atom. The third-order valence-corrected chi connectivity index (χ3v) is 4.87. The van der Waals surface area contributed by atoms with Gasteiger partial charge in [0.1, 0.15) is 0 Å². The van der Waals surface area contributed by atoms with Crippen LogP contribution in [-0.4, -0.2) is 12.5 Å². The zero-order valence-corrected chi connectivity index (χ0v) is 14.1. The molecule has 5 heteroatoms. The fraction of sp³-hybridized carbons (Fsp3) is 0.533. The van der Waals surface area contributed by atoms with Gasteiger partial charge in [-0.05, 0) is 31.4 Å². The van der Waals surface area contributed by atoms with Gasteiger partial charge in [-0.1, -0.05) is 47.0 Å². The lowest BCUT2D eigenvalue weighted by Gasteiger charge is -2.28. The molecule has 0 spiro atoms. The van der Waals surface area contributed by atoms with Crippen LogP contribution in [0.2, 0.25) is 0 Å². The molecule has 1 atom stereocenters. The number of hydrogen-bond acceptors (Lipinski definition) is 2. The van der Waals surface area contributed by atoms with Crippen molar-refractivity contribution in [3.05, 3.63) is 34.3 Å². The van der Waals surface area contributed by atoms with Crippen LogP contribution in [0.3, 0.4) is 0 Å². The normalized spacial score (nSPS) is 18.1. The first kappa shape index (κ1) is 17.5. The van der Waals surface area contributed by atoms with E-state index in [9.17, 15) is 4.79 Å². The second-order valence-electron chi connectivity index (χ2n) is 5.41. The number of rotatable bonds is 4. The molecule has 1 aliphatic rings. The molecule has 0 heterocycles. The predicted molar refractivity (Wildman–Crippen MR) is 87.9 cm³/mol. The molecule has 1 unspecified atom stereocenters. The Hall–Kier alpha value is -0.580. The number of halogens is 2. The molecule has 0 aromatic heterocycles. The van der Waals surface area contributed by atoms with Gasteiger partial charge in [0, 0.05) is 11.0 Å². The molecule has 1 aliphatic carbocycles. The number of nitrogens with one attached hydrogen (secondary N) is 1. The quantitative estimate of drug-likeness (QED) is 0.861. The van der Waals surface area contributed by atoms with Gasteiger partial charge < -0.3 is 11.1 Å². The van der Waals surface area contributed by atoms with Crippen LogP contribution in [0, 0.1) is 5.41 Å². The van der Waals surface area contributed by atoms with Gasteiger partial charge in [-0.2, -0.15) is 0 Å². The van der Waals surface area contributed by atoms with Crippen molar-refractivity contribution in [2.24, 2.45) is 11.1 Å². The van der Waals surface area contributed by atoms with E-state index in [2.05, 4.69) is 21.2 Å². The van der Waals surface area contributed by atoms with Gasteiger partial charge >= 0.3 is 0 Å². The molecule has 3 N–H and O–H groups in total. The van der Waals surface area contributed by atoms with E-state index in [1.165, 1.54) is 0 Å². The van der Waals surface area contributed by atoms with Crippen molar-refractivity contribution in [1.29, 1.82) is 0 Å². The van der Waals surface area contributed by atoms with Crippen molar-refractivity contribution >= 4 is 34.2 Å². The van der Waals surface area contributed by atoms with E-state index in [1.807, 2.05) is 31.2 Å². The topological polar surface area (TPSA) is 55.1 Å². The van der Waals surface area contributed by atoms with Gasteiger partial charge in [-0.3, -0.25) is 4.79 Å². The van der Waals surface area contributed by atoms with Crippen molar-refractivity contribution < 1.29 is 4.79 Å². The van der Waals surface area contributed by atoms with Gasteiger partial charge in [0.2, 0.25) is 5.91 Å². The Labute approximate surface area is 135 Å². The minimum Gasteiger partial charge on any atom is -0.349 e. The Morgan fingerprint density at radius 2 is 2.00 bits per heavy atom. The van der Waals surface area contributed by atoms with E-state index in [4.69, 9.17) is 5.73 Å². The summed E-state index contributed by atoms with van der Waals surface area (Å²) in [5.41, 5.74) is 6.60.